The summed E-state index contributed by atoms with van der Waals surface area (Å²) in [7, 11) is 0. The number of halogens is 2. The van der Waals surface area contributed by atoms with E-state index in [-0.39, 0.29) is 11.3 Å². The predicted octanol–water partition coefficient (Wildman–Crippen LogP) is 4.25. The van der Waals surface area contributed by atoms with Gasteiger partial charge in [0.25, 0.3) is 5.91 Å². The molecular formula is C15H11Cl2NO3. The van der Waals surface area contributed by atoms with Crippen LogP contribution in [-0.4, -0.2) is 17.0 Å². The van der Waals surface area contributed by atoms with Gasteiger partial charge in [0.05, 0.1) is 11.3 Å². The highest BCUT2D eigenvalue weighted by Gasteiger charge is 2.14. The topological polar surface area (TPSA) is 66.4 Å². The lowest BCUT2D eigenvalue weighted by atomic mass is 10.1. The lowest BCUT2D eigenvalue weighted by molar-refractivity contribution is 0.0698. The maximum atomic E-state index is 12.2. The molecule has 4 nitrogen and oxygen atoms in total. The highest BCUT2D eigenvalue weighted by atomic mass is 35.5. The van der Waals surface area contributed by atoms with Crippen molar-refractivity contribution in [3.63, 3.8) is 0 Å². The van der Waals surface area contributed by atoms with E-state index in [1.807, 2.05) is 6.92 Å². The van der Waals surface area contributed by atoms with Crippen molar-refractivity contribution in [2.75, 3.05) is 5.32 Å². The largest absolute Gasteiger partial charge is 0.478 e. The fourth-order valence-electron chi connectivity index (χ4n) is 1.73. The zero-order valence-electron chi connectivity index (χ0n) is 11.0. The van der Waals surface area contributed by atoms with Crippen LogP contribution in [0.25, 0.3) is 0 Å². The minimum Gasteiger partial charge on any atom is -0.478 e. The Morgan fingerprint density at radius 3 is 2.43 bits per heavy atom. The maximum Gasteiger partial charge on any atom is 0.337 e. The number of carbonyl (C=O) groups is 2. The Kier molecular flexibility index (Phi) is 4.50. The van der Waals surface area contributed by atoms with E-state index in [1.54, 1.807) is 12.1 Å². The lowest BCUT2D eigenvalue weighted by Crippen LogP contribution is -2.15. The van der Waals surface area contributed by atoms with Gasteiger partial charge in [-0.05, 0) is 42.8 Å². The number of aromatic carboxylic acids is 1. The van der Waals surface area contributed by atoms with Crippen LogP contribution in [0.4, 0.5) is 5.69 Å². The first-order valence-corrected chi connectivity index (χ1v) is 6.74. The summed E-state index contributed by atoms with van der Waals surface area (Å²) in [4.78, 5) is 23.3. The summed E-state index contributed by atoms with van der Waals surface area (Å²) in [6, 6.07) is 9.02. The lowest BCUT2D eigenvalue weighted by Gasteiger charge is -2.09. The third-order valence-electron chi connectivity index (χ3n) is 2.89. The molecule has 0 radical (unpaired) electrons. The molecule has 1 amide bonds. The number of carboxylic acid groups (broad SMARTS) is 1. The Morgan fingerprint density at radius 1 is 1.10 bits per heavy atom. The maximum absolute atomic E-state index is 12.2. The molecule has 0 fully saturated rings. The summed E-state index contributed by atoms with van der Waals surface area (Å²) in [6.07, 6.45) is 0. The van der Waals surface area contributed by atoms with Crippen LogP contribution in [-0.2, 0) is 0 Å². The van der Waals surface area contributed by atoms with Crippen LogP contribution in [0, 0.1) is 6.92 Å². The SMILES string of the molecule is Cc1ccc(C(=O)Nc2cc(Cl)ccc2C(=O)O)cc1Cl. The number of nitrogens with one attached hydrogen (secondary N) is 1. The first-order valence-electron chi connectivity index (χ1n) is 5.99. The number of hydrogen-bond donors (Lipinski definition) is 2. The second-order valence-electron chi connectivity index (χ2n) is 4.41. The summed E-state index contributed by atoms with van der Waals surface area (Å²) in [5.74, 6) is -1.61. The first kappa shape index (κ1) is 15.4. The first-order chi connectivity index (χ1) is 9.88. The number of anilines is 1. The van der Waals surface area contributed by atoms with Gasteiger partial charge in [-0.25, -0.2) is 4.79 Å². The smallest absolute Gasteiger partial charge is 0.337 e. The Bertz CT molecular complexity index is 729. The standard InChI is InChI=1S/C15H11Cl2NO3/c1-8-2-3-9(6-12(8)17)14(19)18-13-7-10(16)4-5-11(13)15(20)21/h2-7H,1H3,(H,18,19)(H,20,21). The van der Waals surface area contributed by atoms with Gasteiger partial charge in [-0.1, -0.05) is 29.3 Å². The van der Waals surface area contributed by atoms with E-state index >= 15 is 0 Å². The second kappa shape index (κ2) is 6.16. The average molecular weight is 324 g/mol. The number of aryl methyl sites for hydroxylation is 1. The van der Waals surface area contributed by atoms with E-state index in [9.17, 15) is 9.59 Å². The fraction of sp³-hybridized carbons (Fsp3) is 0.0667. The minimum atomic E-state index is -1.15. The van der Waals surface area contributed by atoms with Crippen LogP contribution in [0.15, 0.2) is 36.4 Å². The molecule has 108 valence electrons. The molecule has 0 aromatic heterocycles. The average Bonchev–Trinajstić information content (AvgIpc) is 2.41. The van der Waals surface area contributed by atoms with Crippen molar-refractivity contribution in [2.45, 2.75) is 6.92 Å². The van der Waals surface area contributed by atoms with Crippen molar-refractivity contribution in [1.29, 1.82) is 0 Å². The second-order valence-corrected chi connectivity index (χ2v) is 5.26. The van der Waals surface area contributed by atoms with Gasteiger partial charge in [-0.15, -0.1) is 0 Å². The normalized spacial score (nSPS) is 10.2. The summed E-state index contributed by atoms with van der Waals surface area (Å²) < 4.78 is 0. The van der Waals surface area contributed by atoms with E-state index in [4.69, 9.17) is 28.3 Å². The van der Waals surface area contributed by atoms with Gasteiger partial charge < -0.3 is 10.4 Å². The van der Waals surface area contributed by atoms with Crippen molar-refractivity contribution >= 4 is 40.8 Å². The molecule has 0 aliphatic carbocycles. The van der Waals surface area contributed by atoms with Crippen molar-refractivity contribution in [3.8, 4) is 0 Å². The van der Waals surface area contributed by atoms with Crippen molar-refractivity contribution in [2.24, 2.45) is 0 Å². The molecule has 0 bridgehead atoms. The molecule has 2 rings (SSSR count). The molecular weight excluding hydrogens is 313 g/mol. The number of hydrogen-bond acceptors (Lipinski definition) is 2. The van der Waals surface area contributed by atoms with E-state index in [2.05, 4.69) is 5.32 Å². The van der Waals surface area contributed by atoms with Gasteiger partial charge in [0.2, 0.25) is 0 Å². The molecule has 2 aromatic carbocycles. The van der Waals surface area contributed by atoms with Gasteiger partial charge in [0, 0.05) is 15.6 Å². The number of amides is 1. The number of rotatable bonds is 3. The van der Waals surface area contributed by atoms with E-state index in [1.165, 1.54) is 24.3 Å². The Labute approximate surface area is 131 Å². The molecule has 21 heavy (non-hydrogen) atoms. The third-order valence-corrected chi connectivity index (χ3v) is 3.54. The monoisotopic (exact) mass is 323 g/mol. The highest BCUT2D eigenvalue weighted by molar-refractivity contribution is 6.32. The number of benzene rings is 2. The Morgan fingerprint density at radius 2 is 1.81 bits per heavy atom. The summed E-state index contributed by atoms with van der Waals surface area (Å²) >= 11 is 11.8. The van der Waals surface area contributed by atoms with Crippen molar-refractivity contribution < 1.29 is 14.7 Å². The van der Waals surface area contributed by atoms with Gasteiger partial charge >= 0.3 is 5.97 Å². The molecule has 0 aliphatic heterocycles. The van der Waals surface area contributed by atoms with Crippen molar-refractivity contribution in [1.82, 2.24) is 0 Å². The van der Waals surface area contributed by atoms with E-state index in [0.29, 0.717) is 15.6 Å². The number of carbonyl (C=O) groups excluding carboxylic acids is 1. The summed E-state index contributed by atoms with van der Waals surface area (Å²) in [6.45, 7) is 1.82. The van der Waals surface area contributed by atoms with E-state index < -0.39 is 11.9 Å². The van der Waals surface area contributed by atoms with Gasteiger partial charge in [0.15, 0.2) is 0 Å². The molecule has 0 atom stereocenters. The van der Waals surface area contributed by atoms with Crippen LogP contribution in [0.2, 0.25) is 10.0 Å². The molecule has 2 N–H and O–H groups in total. The quantitative estimate of drug-likeness (QED) is 0.887. The van der Waals surface area contributed by atoms with Crippen LogP contribution in [0.1, 0.15) is 26.3 Å². The summed E-state index contributed by atoms with van der Waals surface area (Å²) in [5, 5.41) is 12.4. The van der Waals surface area contributed by atoms with Crippen molar-refractivity contribution in [3.05, 3.63) is 63.1 Å². The molecule has 0 saturated heterocycles. The molecule has 0 heterocycles. The van der Waals surface area contributed by atoms with Crippen LogP contribution < -0.4 is 5.32 Å². The van der Waals surface area contributed by atoms with Crippen LogP contribution in [0.3, 0.4) is 0 Å². The number of carboxylic acids is 1. The molecule has 0 spiro atoms. The molecule has 0 unspecified atom stereocenters. The summed E-state index contributed by atoms with van der Waals surface area (Å²) in [5.41, 5.74) is 1.28. The van der Waals surface area contributed by atoms with Gasteiger partial charge in [0.1, 0.15) is 0 Å². The zero-order chi connectivity index (χ0) is 15.6. The van der Waals surface area contributed by atoms with Gasteiger partial charge in [-0.3, -0.25) is 4.79 Å². The highest BCUT2D eigenvalue weighted by Crippen LogP contribution is 2.23. The van der Waals surface area contributed by atoms with Gasteiger partial charge in [-0.2, -0.15) is 0 Å². The minimum absolute atomic E-state index is 0.0361. The Hall–Kier alpha value is -2.04. The third kappa shape index (κ3) is 3.54. The van der Waals surface area contributed by atoms with Crippen LogP contribution >= 0.6 is 23.2 Å². The molecule has 2 aromatic rings. The van der Waals surface area contributed by atoms with Crippen LogP contribution in [0.5, 0.6) is 0 Å². The Balaban J connectivity index is 2.33. The molecule has 6 heteroatoms. The fourth-order valence-corrected chi connectivity index (χ4v) is 2.09. The predicted molar refractivity (Wildman–Crippen MR) is 82.6 cm³/mol. The molecule has 0 saturated carbocycles. The zero-order valence-corrected chi connectivity index (χ0v) is 12.5. The van der Waals surface area contributed by atoms with E-state index in [0.717, 1.165) is 5.56 Å². The molecule has 0 aliphatic rings.